The molecule has 1 saturated carbocycles. The quantitative estimate of drug-likeness (QED) is 0.656. The van der Waals surface area contributed by atoms with Gasteiger partial charge in [0.15, 0.2) is 0 Å². The van der Waals surface area contributed by atoms with Gasteiger partial charge in [-0.3, -0.25) is 0 Å². The molecule has 0 aromatic rings. The largest absolute Gasteiger partial charge is 0.393 e. The van der Waals surface area contributed by atoms with Crippen molar-refractivity contribution in [1.29, 1.82) is 0 Å². The molecule has 2 fully saturated rings. The minimum absolute atomic E-state index is 0.159. The van der Waals surface area contributed by atoms with Crippen molar-refractivity contribution in [3.05, 3.63) is 0 Å². The van der Waals surface area contributed by atoms with Crippen molar-refractivity contribution in [3.63, 3.8) is 0 Å². The normalized spacial score (nSPS) is 32.2. The van der Waals surface area contributed by atoms with Crippen molar-refractivity contribution in [2.24, 2.45) is 11.7 Å². The Morgan fingerprint density at radius 3 is 2.69 bits per heavy atom. The van der Waals surface area contributed by atoms with Gasteiger partial charge in [-0.1, -0.05) is 25.1 Å². The first-order chi connectivity index (χ1) is 6.22. The Morgan fingerprint density at radius 1 is 1.38 bits per heavy atom. The highest BCUT2D eigenvalue weighted by Gasteiger charge is 2.40. The van der Waals surface area contributed by atoms with Crippen LogP contribution in [0.5, 0.6) is 0 Å². The van der Waals surface area contributed by atoms with Crippen molar-refractivity contribution in [2.45, 2.75) is 44.1 Å². The highest BCUT2D eigenvalue weighted by molar-refractivity contribution is 7.80. The maximum Gasteiger partial charge on any atom is 0.0760 e. The lowest BCUT2D eigenvalue weighted by Crippen LogP contribution is -2.41. The van der Waals surface area contributed by atoms with E-state index in [4.69, 9.17) is 22.7 Å². The van der Waals surface area contributed by atoms with E-state index in [-0.39, 0.29) is 5.60 Å². The van der Waals surface area contributed by atoms with Crippen LogP contribution in [0.4, 0.5) is 0 Å². The summed E-state index contributed by atoms with van der Waals surface area (Å²) in [5.41, 5.74) is 5.85. The fourth-order valence-corrected chi connectivity index (χ4v) is 2.84. The van der Waals surface area contributed by atoms with Gasteiger partial charge in [0.25, 0.3) is 0 Å². The van der Waals surface area contributed by atoms with E-state index < -0.39 is 0 Å². The minimum Gasteiger partial charge on any atom is -0.393 e. The Bertz CT molecular complexity index is 211. The maximum atomic E-state index is 5.89. The first-order valence-electron chi connectivity index (χ1n) is 5.15. The lowest BCUT2D eigenvalue weighted by molar-refractivity contribution is -0.0824. The van der Waals surface area contributed by atoms with E-state index in [1.165, 1.54) is 25.7 Å². The highest BCUT2D eigenvalue weighted by atomic mass is 32.1. The van der Waals surface area contributed by atoms with Crippen LogP contribution in [0.3, 0.4) is 0 Å². The summed E-state index contributed by atoms with van der Waals surface area (Å²) >= 11 is 5.06. The van der Waals surface area contributed by atoms with Gasteiger partial charge in [-0.15, -0.1) is 0 Å². The molecule has 3 heteroatoms. The lowest BCUT2D eigenvalue weighted by atomic mass is 9.84. The van der Waals surface area contributed by atoms with E-state index in [1.54, 1.807) is 0 Å². The molecule has 0 amide bonds. The molecule has 2 rings (SSSR count). The predicted octanol–water partition coefficient (Wildman–Crippen LogP) is 2.01. The van der Waals surface area contributed by atoms with Gasteiger partial charge >= 0.3 is 0 Å². The van der Waals surface area contributed by atoms with Gasteiger partial charge in [0, 0.05) is 12.5 Å². The molecule has 1 heterocycles. The Kier molecular flexibility index (Phi) is 2.56. The SMILES string of the molecule is NC(=S)C1CCOC2(CCCC2)C1. The van der Waals surface area contributed by atoms with Gasteiger partial charge in [0.2, 0.25) is 0 Å². The molecule has 1 aliphatic carbocycles. The van der Waals surface area contributed by atoms with E-state index in [0.717, 1.165) is 19.4 Å². The summed E-state index contributed by atoms with van der Waals surface area (Å²) in [5.74, 6) is 0.432. The van der Waals surface area contributed by atoms with Gasteiger partial charge in [0.1, 0.15) is 0 Å². The molecule has 13 heavy (non-hydrogen) atoms. The van der Waals surface area contributed by atoms with Crippen LogP contribution < -0.4 is 5.73 Å². The summed E-state index contributed by atoms with van der Waals surface area (Å²) in [6.45, 7) is 0.849. The summed E-state index contributed by atoms with van der Waals surface area (Å²) in [6, 6.07) is 0. The van der Waals surface area contributed by atoms with Crippen LogP contribution in [-0.4, -0.2) is 17.2 Å². The molecule has 1 spiro atoms. The number of rotatable bonds is 1. The van der Waals surface area contributed by atoms with Gasteiger partial charge < -0.3 is 10.5 Å². The fraction of sp³-hybridized carbons (Fsp3) is 0.900. The van der Waals surface area contributed by atoms with E-state index >= 15 is 0 Å². The molecule has 2 N–H and O–H groups in total. The predicted molar refractivity (Wildman–Crippen MR) is 56.7 cm³/mol. The molecule has 0 aromatic carbocycles. The zero-order chi connectivity index (χ0) is 9.31. The van der Waals surface area contributed by atoms with Crippen molar-refractivity contribution >= 4 is 17.2 Å². The van der Waals surface area contributed by atoms with Crippen molar-refractivity contribution in [2.75, 3.05) is 6.61 Å². The number of thiocarbonyl (C=S) groups is 1. The van der Waals surface area contributed by atoms with Crippen LogP contribution in [0, 0.1) is 5.92 Å². The number of nitrogens with two attached hydrogens (primary N) is 1. The maximum absolute atomic E-state index is 5.89. The third-order valence-electron chi connectivity index (χ3n) is 3.41. The summed E-state index contributed by atoms with van der Waals surface area (Å²) < 4.78 is 5.89. The van der Waals surface area contributed by atoms with Gasteiger partial charge in [-0.05, 0) is 25.7 Å². The zero-order valence-electron chi connectivity index (χ0n) is 7.92. The van der Waals surface area contributed by atoms with E-state index in [2.05, 4.69) is 0 Å². The molecule has 1 unspecified atom stereocenters. The molecule has 1 saturated heterocycles. The topological polar surface area (TPSA) is 35.2 Å². The Labute approximate surface area is 84.8 Å². The average Bonchev–Trinajstić information content (AvgIpc) is 2.53. The number of ether oxygens (including phenoxy) is 1. The Morgan fingerprint density at radius 2 is 2.08 bits per heavy atom. The van der Waals surface area contributed by atoms with Crippen LogP contribution in [0.25, 0.3) is 0 Å². The standard InChI is InChI=1S/C10H17NOS/c11-9(13)8-3-6-12-10(7-8)4-1-2-5-10/h8H,1-7H2,(H2,11,13). The smallest absolute Gasteiger partial charge is 0.0760 e. The second-order valence-corrected chi connectivity index (χ2v) is 4.80. The van der Waals surface area contributed by atoms with Crippen LogP contribution in [0.2, 0.25) is 0 Å². The van der Waals surface area contributed by atoms with Crippen LogP contribution in [-0.2, 0) is 4.74 Å². The molecular weight excluding hydrogens is 182 g/mol. The second-order valence-electron chi connectivity index (χ2n) is 4.33. The lowest BCUT2D eigenvalue weighted by Gasteiger charge is -2.37. The molecule has 74 valence electrons. The number of hydrogen-bond acceptors (Lipinski definition) is 2. The monoisotopic (exact) mass is 199 g/mol. The van der Waals surface area contributed by atoms with E-state index in [1.807, 2.05) is 0 Å². The van der Waals surface area contributed by atoms with Crippen LogP contribution in [0.1, 0.15) is 38.5 Å². The molecule has 2 nitrogen and oxygen atoms in total. The van der Waals surface area contributed by atoms with Crippen molar-refractivity contribution in [3.8, 4) is 0 Å². The second kappa shape index (κ2) is 3.54. The van der Waals surface area contributed by atoms with Gasteiger partial charge in [-0.2, -0.15) is 0 Å². The minimum atomic E-state index is 0.159. The Hall–Kier alpha value is -0.150. The summed E-state index contributed by atoms with van der Waals surface area (Å²) in [4.78, 5) is 0.689. The molecule has 2 aliphatic rings. The third-order valence-corrected chi connectivity index (χ3v) is 3.74. The van der Waals surface area contributed by atoms with Gasteiger partial charge in [0.05, 0.1) is 10.6 Å². The van der Waals surface area contributed by atoms with Crippen molar-refractivity contribution in [1.82, 2.24) is 0 Å². The fourth-order valence-electron chi connectivity index (χ4n) is 2.64. The van der Waals surface area contributed by atoms with Crippen molar-refractivity contribution < 1.29 is 4.74 Å². The van der Waals surface area contributed by atoms with E-state index in [9.17, 15) is 0 Å². The molecular formula is C10H17NOS. The van der Waals surface area contributed by atoms with E-state index in [0.29, 0.717) is 10.9 Å². The van der Waals surface area contributed by atoms with Crippen LogP contribution in [0.15, 0.2) is 0 Å². The summed E-state index contributed by atoms with van der Waals surface area (Å²) in [7, 11) is 0. The molecule has 0 bridgehead atoms. The molecule has 0 radical (unpaired) electrons. The molecule has 1 aliphatic heterocycles. The summed E-state index contributed by atoms with van der Waals surface area (Å²) in [6.07, 6.45) is 7.14. The highest BCUT2D eigenvalue weighted by Crippen LogP contribution is 2.41. The molecule has 0 aromatic heterocycles. The Balaban J connectivity index is 2.02. The third kappa shape index (κ3) is 1.86. The summed E-state index contributed by atoms with van der Waals surface area (Å²) in [5, 5.41) is 0. The zero-order valence-corrected chi connectivity index (χ0v) is 8.74. The molecule has 1 atom stereocenters. The average molecular weight is 199 g/mol. The number of hydrogen-bond donors (Lipinski definition) is 1. The first-order valence-corrected chi connectivity index (χ1v) is 5.56. The first kappa shape index (κ1) is 9.41. The van der Waals surface area contributed by atoms with Crippen LogP contribution >= 0.6 is 12.2 Å². The van der Waals surface area contributed by atoms with Gasteiger partial charge in [-0.25, -0.2) is 0 Å².